The topological polar surface area (TPSA) is 35.9 Å². The summed E-state index contributed by atoms with van der Waals surface area (Å²) < 4.78 is 0.820. The minimum Gasteiger partial charge on any atom is -0.358 e. The molecule has 0 saturated heterocycles. The Morgan fingerprint density at radius 3 is 2.38 bits per heavy atom. The lowest BCUT2D eigenvalue weighted by Gasteiger charge is -2.21. The largest absolute Gasteiger partial charge is 0.358 e. The lowest BCUT2D eigenvalue weighted by Crippen LogP contribution is -2.27. The van der Waals surface area contributed by atoms with Crippen LogP contribution in [0, 0.1) is 4.91 Å². The molecule has 0 aromatic carbocycles. The first-order valence-corrected chi connectivity index (χ1v) is 5.51. The van der Waals surface area contributed by atoms with E-state index < -0.39 is 0 Å². The highest BCUT2D eigenvalue weighted by Gasteiger charge is 2.06. The van der Waals surface area contributed by atoms with Gasteiger partial charge in [0.05, 0.1) is 11.2 Å². The molecule has 0 N–H and O–H groups in total. The van der Waals surface area contributed by atoms with Crippen molar-refractivity contribution in [2.45, 2.75) is 13.8 Å². The van der Waals surface area contributed by atoms with Crippen molar-refractivity contribution in [2.75, 3.05) is 26.0 Å². The van der Waals surface area contributed by atoms with Crippen molar-refractivity contribution >= 4 is 28.3 Å². The van der Waals surface area contributed by atoms with Crippen LogP contribution in [0.25, 0.3) is 0 Å². The van der Waals surface area contributed by atoms with Crippen molar-refractivity contribution in [1.82, 2.24) is 9.91 Å². The van der Waals surface area contributed by atoms with Crippen molar-refractivity contribution < 1.29 is 0 Å². The summed E-state index contributed by atoms with van der Waals surface area (Å²) in [6.07, 6.45) is 0. The van der Waals surface area contributed by atoms with Crippen LogP contribution >= 0.6 is 24.0 Å². The Labute approximate surface area is 88.6 Å². The van der Waals surface area contributed by atoms with Gasteiger partial charge in [-0.05, 0) is 13.8 Å². The fourth-order valence-corrected chi connectivity index (χ4v) is 1.95. The fraction of sp³-hybridized carbons (Fsp3) is 0.857. The van der Waals surface area contributed by atoms with Gasteiger partial charge in [-0.3, -0.25) is 5.01 Å². The molecule has 0 amide bonds. The van der Waals surface area contributed by atoms with Crippen molar-refractivity contribution in [3.05, 3.63) is 4.91 Å². The zero-order valence-electron chi connectivity index (χ0n) is 8.19. The number of nitrogens with zero attached hydrogens (tertiary/aromatic N) is 3. The first kappa shape index (κ1) is 12.6. The quantitative estimate of drug-likeness (QED) is 0.307. The second-order valence-corrected chi connectivity index (χ2v) is 4.03. The highest BCUT2D eigenvalue weighted by atomic mass is 32.2. The third-order valence-electron chi connectivity index (χ3n) is 1.54. The molecular weight excluding hydrogens is 206 g/mol. The maximum Gasteiger partial charge on any atom is 0.138 e. The molecule has 0 aliphatic heterocycles. The van der Waals surface area contributed by atoms with E-state index in [1.54, 1.807) is 7.05 Å². The molecule has 13 heavy (non-hydrogen) atoms. The predicted molar refractivity (Wildman–Crippen MR) is 61.5 cm³/mol. The van der Waals surface area contributed by atoms with Crippen LogP contribution in [0.1, 0.15) is 13.8 Å². The lowest BCUT2D eigenvalue weighted by molar-refractivity contribution is 0.414. The molecule has 0 aliphatic rings. The predicted octanol–water partition coefficient (Wildman–Crippen LogP) is 1.92. The first-order valence-electron chi connectivity index (χ1n) is 4.11. The molecule has 0 fully saturated rings. The van der Waals surface area contributed by atoms with Gasteiger partial charge >= 0.3 is 0 Å². The van der Waals surface area contributed by atoms with E-state index in [-0.39, 0.29) is 0 Å². The molecule has 0 spiro atoms. The maximum absolute atomic E-state index is 10.0. The molecule has 76 valence electrons. The van der Waals surface area contributed by atoms with Gasteiger partial charge in [0.15, 0.2) is 0 Å². The second-order valence-electron chi connectivity index (χ2n) is 2.45. The van der Waals surface area contributed by atoms with Gasteiger partial charge in [-0.15, -0.1) is 4.91 Å². The Bertz CT molecular complexity index is 173. The van der Waals surface area contributed by atoms with E-state index in [4.69, 9.17) is 12.2 Å². The van der Waals surface area contributed by atoms with Gasteiger partial charge in [0, 0.05) is 20.1 Å². The molecular formula is C7H15N3OS2. The number of hydrogen-bond donors (Lipinski definition) is 0. The van der Waals surface area contributed by atoms with Crippen LogP contribution in [0.5, 0.6) is 0 Å². The van der Waals surface area contributed by atoms with Crippen LogP contribution in [0.4, 0.5) is 0 Å². The van der Waals surface area contributed by atoms with E-state index >= 15 is 0 Å². The van der Waals surface area contributed by atoms with E-state index in [0.29, 0.717) is 5.88 Å². The van der Waals surface area contributed by atoms with Gasteiger partial charge < -0.3 is 4.90 Å². The zero-order valence-corrected chi connectivity index (χ0v) is 9.82. The third-order valence-corrected chi connectivity index (χ3v) is 3.16. The average Bonchev–Trinajstić information content (AvgIpc) is 2.16. The second kappa shape index (κ2) is 7.08. The van der Waals surface area contributed by atoms with Gasteiger partial charge in [-0.2, -0.15) is 0 Å². The Hall–Kier alpha value is -0.360. The fourth-order valence-electron chi connectivity index (χ4n) is 0.745. The molecule has 0 bridgehead atoms. The summed E-state index contributed by atoms with van der Waals surface area (Å²) in [5, 5.41) is 4.08. The molecule has 0 rings (SSSR count). The SMILES string of the molecule is CCN(CC)C(=S)SCN(C)N=O. The summed E-state index contributed by atoms with van der Waals surface area (Å²) in [5.41, 5.74) is 0. The number of thioether (sulfide) groups is 1. The summed E-state index contributed by atoms with van der Waals surface area (Å²) in [5.74, 6) is 0.513. The summed E-state index contributed by atoms with van der Waals surface area (Å²) >= 11 is 6.61. The minimum absolute atomic E-state index is 0.513. The Morgan fingerprint density at radius 2 is 2.00 bits per heavy atom. The van der Waals surface area contributed by atoms with E-state index in [0.717, 1.165) is 17.4 Å². The Balaban J connectivity index is 3.78. The maximum atomic E-state index is 10.0. The molecule has 0 radical (unpaired) electrons. The van der Waals surface area contributed by atoms with Crippen LogP contribution in [0.3, 0.4) is 0 Å². The van der Waals surface area contributed by atoms with Crippen LogP contribution in [-0.2, 0) is 0 Å². The molecule has 0 saturated carbocycles. The summed E-state index contributed by atoms with van der Waals surface area (Å²) in [4.78, 5) is 12.1. The van der Waals surface area contributed by atoms with Gasteiger partial charge in [0.1, 0.15) is 4.32 Å². The van der Waals surface area contributed by atoms with Crippen molar-refractivity contribution in [1.29, 1.82) is 0 Å². The van der Waals surface area contributed by atoms with Crippen molar-refractivity contribution in [3.8, 4) is 0 Å². The molecule has 0 unspecified atom stereocenters. The monoisotopic (exact) mass is 221 g/mol. The van der Waals surface area contributed by atoms with Crippen molar-refractivity contribution in [3.63, 3.8) is 0 Å². The molecule has 0 atom stereocenters. The molecule has 0 heterocycles. The average molecular weight is 221 g/mol. The summed E-state index contributed by atoms with van der Waals surface area (Å²) in [7, 11) is 1.63. The normalized spacial score (nSPS) is 9.46. The summed E-state index contributed by atoms with van der Waals surface area (Å²) in [6.45, 7) is 5.91. The summed E-state index contributed by atoms with van der Waals surface area (Å²) in [6, 6.07) is 0. The van der Waals surface area contributed by atoms with Gasteiger partial charge in [-0.25, -0.2) is 0 Å². The first-order chi connectivity index (χ1) is 6.15. The van der Waals surface area contributed by atoms with E-state index in [1.807, 2.05) is 0 Å². The third kappa shape index (κ3) is 5.05. The van der Waals surface area contributed by atoms with Gasteiger partial charge in [0.25, 0.3) is 0 Å². The minimum atomic E-state index is 0.513. The highest BCUT2D eigenvalue weighted by molar-refractivity contribution is 8.22. The van der Waals surface area contributed by atoms with Gasteiger partial charge in [-0.1, -0.05) is 24.0 Å². The van der Waals surface area contributed by atoms with Crippen LogP contribution < -0.4 is 0 Å². The van der Waals surface area contributed by atoms with E-state index in [1.165, 1.54) is 16.8 Å². The smallest absolute Gasteiger partial charge is 0.138 e. The molecule has 0 aliphatic carbocycles. The van der Waals surface area contributed by atoms with Crippen molar-refractivity contribution in [2.24, 2.45) is 5.29 Å². The van der Waals surface area contributed by atoms with Crippen LogP contribution in [0.15, 0.2) is 5.29 Å². The molecule has 0 aromatic heterocycles. The van der Waals surface area contributed by atoms with Gasteiger partial charge in [0.2, 0.25) is 0 Å². The lowest BCUT2D eigenvalue weighted by atomic mass is 10.6. The molecule has 6 heteroatoms. The standard InChI is InChI=1S/C7H15N3OS2/c1-4-10(5-2)7(12)13-6-9(3)8-11/h4-6H2,1-3H3. The van der Waals surface area contributed by atoms with E-state index in [2.05, 4.69) is 24.0 Å². The number of nitroso groups, excluding NO2 is 1. The van der Waals surface area contributed by atoms with Crippen LogP contribution in [-0.4, -0.2) is 40.2 Å². The van der Waals surface area contributed by atoms with Crippen LogP contribution in [0.2, 0.25) is 0 Å². The van der Waals surface area contributed by atoms with E-state index in [9.17, 15) is 4.91 Å². The number of hydrogen-bond acceptors (Lipinski definition) is 4. The Kier molecular flexibility index (Phi) is 6.89. The number of rotatable bonds is 5. The number of thiocarbonyl (C=S) groups is 1. The zero-order chi connectivity index (χ0) is 10.3. The highest BCUT2D eigenvalue weighted by Crippen LogP contribution is 2.10. The molecule has 4 nitrogen and oxygen atoms in total. The Morgan fingerprint density at radius 1 is 1.46 bits per heavy atom. The molecule has 0 aromatic rings.